The Morgan fingerprint density at radius 3 is 2.56 bits per heavy atom. The van der Waals surface area contributed by atoms with E-state index in [1.54, 1.807) is 12.1 Å². The van der Waals surface area contributed by atoms with Crippen LogP contribution in [0, 0.1) is 12.7 Å². The van der Waals surface area contributed by atoms with Crippen molar-refractivity contribution in [2.24, 2.45) is 0 Å². The van der Waals surface area contributed by atoms with E-state index in [0.29, 0.717) is 0 Å². The highest BCUT2D eigenvalue weighted by Gasteiger charge is 2.04. The Bertz CT molecular complexity index is 588. The zero-order chi connectivity index (χ0) is 13.1. The van der Waals surface area contributed by atoms with E-state index < -0.39 is 0 Å². The summed E-state index contributed by atoms with van der Waals surface area (Å²) in [4.78, 5) is 3.31. The zero-order valence-corrected chi connectivity index (χ0v) is 10.6. The van der Waals surface area contributed by atoms with E-state index in [9.17, 15) is 4.39 Å². The van der Waals surface area contributed by atoms with Crippen molar-refractivity contribution in [2.75, 3.05) is 0 Å². The number of hydrogen-bond acceptors (Lipinski definition) is 0. The molecule has 0 atom stereocenters. The number of hydrogen-bond donors (Lipinski definition) is 1. The van der Waals surface area contributed by atoms with Gasteiger partial charge in [-0.2, -0.15) is 0 Å². The maximum absolute atomic E-state index is 12.9. The molecule has 2 aromatic rings. The molecule has 0 unspecified atom stereocenters. The smallest absolute Gasteiger partial charge is 0.123 e. The average molecular weight is 241 g/mol. The van der Waals surface area contributed by atoms with E-state index >= 15 is 0 Å². The lowest BCUT2D eigenvalue weighted by atomic mass is 10.1. The number of benzene rings is 1. The Kier molecular flexibility index (Phi) is 3.47. The van der Waals surface area contributed by atoms with Gasteiger partial charge in [-0.05, 0) is 55.3 Å². The van der Waals surface area contributed by atoms with E-state index in [0.717, 1.165) is 28.1 Å². The second-order valence-corrected chi connectivity index (χ2v) is 4.36. The van der Waals surface area contributed by atoms with Crippen molar-refractivity contribution in [2.45, 2.75) is 13.8 Å². The van der Waals surface area contributed by atoms with Gasteiger partial charge in [-0.25, -0.2) is 4.39 Å². The van der Waals surface area contributed by atoms with E-state index in [1.165, 1.54) is 12.1 Å². The third-order valence-electron chi connectivity index (χ3n) is 2.92. The van der Waals surface area contributed by atoms with Gasteiger partial charge in [0.1, 0.15) is 5.82 Å². The van der Waals surface area contributed by atoms with Crippen LogP contribution in [0.25, 0.3) is 17.3 Å². The normalized spacial score (nSPS) is 11.6. The summed E-state index contributed by atoms with van der Waals surface area (Å²) < 4.78 is 12.9. The molecule has 1 nitrogen and oxygen atoms in total. The molecule has 1 aromatic carbocycles. The van der Waals surface area contributed by atoms with Gasteiger partial charge in [-0.15, -0.1) is 0 Å². The molecule has 92 valence electrons. The van der Waals surface area contributed by atoms with Crippen LogP contribution < -0.4 is 0 Å². The molecule has 0 saturated carbocycles. The van der Waals surface area contributed by atoms with Crippen LogP contribution >= 0.6 is 0 Å². The van der Waals surface area contributed by atoms with Crippen LogP contribution in [0.1, 0.15) is 18.2 Å². The fraction of sp³-hybridized carbons (Fsp3) is 0.125. The topological polar surface area (TPSA) is 15.8 Å². The molecule has 1 aromatic heterocycles. The molecule has 0 amide bonds. The molecule has 0 aliphatic heterocycles. The van der Waals surface area contributed by atoms with Crippen molar-refractivity contribution in [1.82, 2.24) is 4.98 Å². The molecule has 0 bridgehead atoms. The van der Waals surface area contributed by atoms with Gasteiger partial charge in [0.05, 0.1) is 0 Å². The third kappa shape index (κ3) is 2.59. The van der Waals surface area contributed by atoms with E-state index in [4.69, 9.17) is 0 Å². The van der Waals surface area contributed by atoms with Crippen LogP contribution in [0.15, 0.2) is 48.6 Å². The fourth-order valence-electron chi connectivity index (χ4n) is 1.81. The van der Waals surface area contributed by atoms with Gasteiger partial charge >= 0.3 is 0 Å². The monoisotopic (exact) mass is 241 g/mol. The Hall–Kier alpha value is -2.09. The lowest BCUT2D eigenvalue weighted by molar-refractivity contribution is 0.628. The predicted molar refractivity (Wildman–Crippen MR) is 74.8 cm³/mol. The van der Waals surface area contributed by atoms with Crippen molar-refractivity contribution in [1.29, 1.82) is 0 Å². The minimum absolute atomic E-state index is 0.218. The minimum atomic E-state index is -0.218. The largest absolute Gasteiger partial charge is 0.358 e. The molecule has 0 spiro atoms. The van der Waals surface area contributed by atoms with Gasteiger partial charge in [0.15, 0.2) is 0 Å². The number of H-pyrrole nitrogens is 1. The molecule has 18 heavy (non-hydrogen) atoms. The first-order valence-corrected chi connectivity index (χ1v) is 5.86. The second kappa shape index (κ2) is 5.05. The van der Waals surface area contributed by atoms with Crippen molar-refractivity contribution in [3.05, 3.63) is 65.6 Å². The van der Waals surface area contributed by atoms with Crippen LogP contribution in [0.2, 0.25) is 0 Å². The van der Waals surface area contributed by atoms with Gasteiger partial charge in [0, 0.05) is 11.4 Å². The first-order valence-electron chi connectivity index (χ1n) is 5.86. The summed E-state index contributed by atoms with van der Waals surface area (Å²) >= 11 is 0. The number of rotatable bonds is 3. The molecular weight excluding hydrogens is 225 g/mol. The summed E-state index contributed by atoms with van der Waals surface area (Å²) in [7, 11) is 0. The third-order valence-corrected chi connectivity index (χ3v) is 2.92. The highest BCUT2D eigenvalue weighted by atomic mass is 19.1. The van der Waals surface area contributed by atoms with Crippen molar-refractivity contribution in [3.8, 4) is 11.3 Å². The molecule has 1 N–H and O–H groups in total. The zero-order valence-electron chi connectivity index (χ0n) is 10.6. The Morgan fingerprint density at radius 1 is 1.28 bits per heavy atom. The van der Waals surface area contributed by atoms with Crippen LogP contribution in [-0.2, 0) is 0 Å². The van der Waals surface area contributed by atoms with Crippen molar-refractivity contribution >= 4 is 6.08 Å². The molecule has 1 heterocycles. The first-order chi connectivity index (χ1) is 8.60. The molecular formula is C16H16FN. The number of halogens is 1. The van der Waals surface area contributed by atoms with Gasteiger partial charge in [0.2, 0.25) is 0 Å². The van der Waals surface area contributed by atoms with E-state index in [-0.39, 0.29) is 5.82 Å². The number of aryl methyl sites for hydroxylation is 1. The van der Waals surface area contributed by atoms with E-state index in [1.807, 2.05) is 19.9 Å². The number of aromatic amines is 1. The van der Waals surface area contributed by atoms with Gasteiger partial charge in [-0.1, -0.05) is 24.3 Å². The maximum atomic E-state index is 12.9. The quantitative estimate of drug-likeness (QED) is 0.748. The number of allylic oxidation sites excluding steroid dienone is 2. The molecule has 0 saturated heterocycles. The predicted octanol–water partition coefficient (Wildman–Crippen LogP) is 4.72. The van der Waals surface area contributed by atoms with Crippen molar-refractivity contribution in [3.63, 3.8) is 0 Å². The standard InChI is InChI=1S/C16H16FN/c1-4-11(2)9-14-10-16(18-12(14)3)13-5-7-15(17)8-6-13/h4-10,18H,1H2,2-3H3/b11-9-. The van der Waals surface area contributed by atoms with Gasteiger partial charge in [0.25, 0.3) is 0 Å². The minimum Gasteiger partial charge on any atom is -0.358 e. The molecule has 0 fully saturated rings. The molecule has 2 heteroatoms. The van der Waals surface area contributed by atoms with Gasteiger partial charge < -0.3 is 4.98 Å². The highest BCUT2D eigenvalue weighted by Crippen LogP contribution is 2.23. The summed E-state index contributed by atoms with van der Waals surface area (Å²) in [5.74, 6) is -0.218. The molecule has 0 radical (unpaired) electrons. The summed E-state index contributed by atoms with van der Waals surface area (Å²) in [6, 6.07) is 8.55. The Balaban J connectivity index is 2.40. The Labute approximate surface area is 107 Å². The lowest BCUT2D eigenvalue weighted by Crippen LogP contribution is -1.79. The lowest BCUT2D eigenvalue weighted by Gasteiger charge is -1.96. The summed E-state index contributed by atoms with van der Waals surface area (Å²) in [6.07, 6.45) is 3.90. The first kappa shape index (κ1) is 12.4. The van der Waals surface area contributed by atoms with Crippen molar-refractivity contribution < 1.29 is 4.39 Å². The van der Waals surface area contributed by atoms with Crippen LogP contribution in [-0.4, -0.2) is 4.98 Å². The Morgan fingerprint density at radius 2 is 1.94 bits per heavy atom. The second-order valence-electron chi connectivity index (χ2n) is 4.36. The summed E-state index contributed by atoms with van der Waals surface area (Å²) in [5, 5.41) is 0. The van der Waals surface area contributed by atoms with Crippen LogP contribution in [0.4, 0.5) is 4.39 Å². The van der Waals surface area contributed by atoms with Crippen LogP contribution in [0.5, 0.6) is 0 Å². The summed E-state index contributed by atoms with van der Waals surface area (Å²) in [5.41, 5.74) is 5.32. The molecule has 2 rings (SSSR count). The maximum Gasteiger partial charge on any atom is 0.123 e. The van der Waals surface area contributed by atoms with Gasteiger partial charge in [-0.3, -0.25) is 0 Å². The van der Waals surface area contributed by atoms with Crippen LogP contribution in [0.3, 0.4) is 0 Å². The molecule has 0 aliphatic carbocycles. The average Bonchev–Trinajstić information content (AvgIpc) is 2.71. The number of nitrogens with one attached hydrogen (secondary N) is 1. The van der Waals surface area contributed by atoms with E-state index in [2.05, 4.69) is 23.7 Å². The SMILES string of the molecule is C=C/C(C)=C\c1cc(-c2ccc(F)cc2)[nH]c1C. The highest BCUT2D eigenvalue weighted by molar-refractivity contribution is 5.68. The number of aromatic nitrogens is 1. The molecule has 0 aliphatic rings. The fourth-order valence-corrected chi connectivity index (χ4v) is 1.81. The summed E-state index contributed by atoms with van der Waals surface area (Å²) in [6.45, 7) is 7.77.